The molecule has 0 bridgehead atoms. The van der Waals surface area contributed by atoms with Gasteiger partial charge in [0.15, 0.2) is 5.69 Å². The van der Waals surface area contributed by atoms with E-state index >= 15 is 0 Å². The van der Waals surface area contributed by atoms with Crippen LogP contribution in [0.2, 0.25) is 0 Å². The average molecular weight is 326 g/mol. The van der Waals surface area contributed by atoms with Gasteiger partial charge in [-0.3, -0.25) is 0 Å². The second-order valence-electron chi connectivity index (χ2n) is 4.56. The van der Waals surface area contributed by atoms with Crippen LogP contribution in [-0.4, -0.2) is 32.4 Å². The summed E-state index contributed by atoms with van der Waals surface area (Å²) in [4.78, 5) is 27.3. The van der Waals surface area contributed by atoms with E-state index in [0.717, 1.165) is 10.6 Å². The summed E-state index contributed by atoms with van der Waals surface area (Å²) in [6.07, 6.45) is -4.69. The molecule has 2 heterocycles. The summed E-state index contributed by atoms with van der Waals surface area (Å²) in [6.45, 7) is 1.62. The number of halogens is 3. The number of hydrogen-bond acceptors (Lipinski definition) is 5. The van der Waals surface area contributed by atoms with Crippen molar-refractivity contribution in [1.82, 2.24) is 19.8 Å². The zero-order valence-corrected chi connectivity index (χ0v) is 11.6. The first-order chi connectivity index (χ1) is 10.8. The van der Waals surface area contributed by atoms with Crippen LogP contribution in [0, 0.1) is 0 Å². The average Bonchev–Trinajstić information content (AvgIpc) is 2.92. The predicted octanol–water partition coefficient (Wildman–Crippen LogP) is 1.77. The molecule has 0 saturated carbocycles. The van der Waals surface area contributed by atoms with Crippen LogP contribution < -0.4 is 5.69 Å². The van der Waals surface area contributed by atoms with Gasteiger partial charge in [0.05, 0.1) is 17.7 Å². The Bertz CT molecular complexity index is 974. The molecule has 1 N–H and O–H groups in total. The molecule has 1 aromatic carbocycles. The van der Waals surface area contributed by atoms with Crippen LogP contribution in [0.3, 0.4) is 0 Å². The second-order valence-corrected chi connectivity index (χ2v) is 4.56. The zero-order chi connectivity index (χ0) is 16.8. The molecule has 7 nitrogen and oxygen atoms in total. The Balaban J connectivity index is 2.45. The lowest BCUT2D eigenvalue weighted by molar-refractivity contribution is -0.136. The van der Waals surface area contributed by atoms with E-state index in [9.17, 15) is 22.8 Å². The number of nitrogens with zero attached hydrogens (tertiary/aromatic N) is 3. The molecule has 0 atom stereocenters. The molecule has 0 aliphatic rings. The fraction of sp³-hybridized carbons (Fsp3) is 0.231. The van der Waals surface area contributed by atoms with E-state index < -0.39 is 28.9 Å². The van der Waals surface area contributed by atoms with Crippen molar-refractivity contribution in [3.05, 3.63) is 39.9 Å². The van der Waals surface area contributed by atoms with E-state index in [1.807, 2.05) is 0 Å². The zero-order valence-electron chi connectivity index (χ0n) is 11.6. The molecule has 0 aliphatic heterocycles. The number of carbonyl (C=O) groups is 1. The van der Waals surface area contributed by atoms with E-state index in [-0.39, 0.29) is 23.2 Å². The van der Waals surface area contributed by atoms with E-state index in [4.69, 9.17) is 4.74 Å². The van der Waals surface area contributed by atoms with Crippen LogP contribution in [0.25, 0.3) is 16.4 Å². The minimum absolute atomic E-state index is 0.0313. The number of rotatable bonds is 2. The Kier molecular flexibility index (Phi) is 3.31. The molecule has 0 spiro atoms. The van der Waals surface area contributed by atoms with Crippen LogP contribution in [0.4, 0.5) is 13.2 Å². The third-order valence-electron chi connectivity index (χ3n) is 3.17. The fourth-order valence-electron chi connectivity index (χ4n) is 2.27. The van der Waals surface area contributed by atoms with Gasteiger partial charge in [-0.2, -0.15) is 22.7 Å². The van der Waals surface area contributed by atoms with E-state index in [1.165, 1.54) is 12.1 Å². The highest BCUT2D eigenvalue weighted by molar-refractivity contribution is 6.05. The van der Waals surface area contributed by atoms with Gasteiger partial charge in [0.1, 0.15) is 5.52 Å². The van der Waals surface area contributed by atoms with Crippen molar-refractivity contribution in [1.29, 1.82) is 0 Å². The smallest absolute Gasteiger partial charge is 0.418 e. The highest BCUT2D eigenvalue weighted by Gasteiger charge is 2.34. The SMILES string of the molecule is CCOC(=O)c1n[nH]n2c(=O)nc3c(C(F)(F)F)cccc3c12. The Hall–Kier alpha value is -2.91. The molecule has 2 aromatic heterocycles. The van der Waals surface area contributed by atoms with Crippen LogP contribution in [0.5, 0.6) is 0 Å². The Morgan fingerprint density at radius 1 is 1.39 bits per heavy atom. The van der Waals surface area contributed by atoms with Crippen LogP contribution >= 0.6 is 0 Å². The first kappa shape index (κ1) is 15.0. The predicted molar refractivity (Wildman–Crippen MR) is 72.1 cm³/mol. The lowest BCUT2D eigenvalue weighted by Crippen LogP contribution is -2.20. The van der Waals surface area contributed by atoms with E-state index in [2.05, 4.69) is 15.3 Å². The number of benzene rings is 1. The molecule has 0 radical (unpaired) electrons. The van der Waals surface area contributed by atoms with Crippen molar-refractivity contribution in [3.8, 4) is 0 Å². The maximum atomic E-state index is 13.1. The number of aromatic amines is 1. The van der Waals surface area contributed by atoms with Crippen LogP contribution in [0.1, 0.15) is 23.0 Å². The molecule has 3 aromatic rings. The fourth-order valence-corrected chi connectivity index (χ4v) is 2.27. The summed E-state index contributed by atoms with van der Waals surface area (Å²) in [7, 11) is 0. The Morgan fingerprint density at radius 3 is 2.78 bits per heavy atom. The molecular formula is C13H9F3N4O3. The first-order valence-corrected chi connectivity index (χ1v) is 6.48. The maximum Gasteiger partial charge on any atom is 0.418 e. The van der Waals surface area contributed by atoms with Crippen molar-refractivity contribution in [2.45, 2.75) is 13.1 Å². The molecule has 10 heteroatoms. The van der Waals surface area contributed by atoms with Gasteiger partial charge >= 0.3 is 17.8 Å². The van der Waals surface area contributed by atoms with Gasteiger partial charge in [0.25, 0.3) is 0 Å². The number of fused-ring (bicyclic) bond motifs is 3. The van der Waals surface area contributed by atoms with Crippen LogP contribution in [0.15, 0.2) is 23.0 Å². The third-order valence-corrected chi connectivity index (χ3v) is 3.17. The lowest BCUT2D eigenvalue weighted by atomic mass is 10.1. The van der Waals surface area contributed by atoms with Crippen molar-refractivity contribution >= 4 is 22.4 Å². The largest absolute Gasteiger partial charge is 0.461 e. The Morgan fingerprint density at radius 2 is 2.13 bits per heavy atom. The molecule has 23 heavy (non-hydrogen) atoms. The number of nitrogens with one attached hydrogen (secondary N) is 1. The number of ether oxygens (including phenoxy) is 1. The van der Waals surface area contributed by atoms with Gasteiger partial charge in [-0.15, -0.1) is 5.10 Å². The Labute approximate surface area is 125 Å². The highest BCUT2D eigenvalue weighted by atomic mass is 19.4. The number of aromatic nitrogens is 4. The standard InChI is InChI=1S/C13H9F3N4O3/c1-2-23-11(21)9-10-6-4-3-5-7(13(14,15)16)8(6)17-12(22)20(10)19-18-9/h3-5,19H,2H2,1H3. The normalized spacial score (nSPS) is 12.0. The molecule has 3 rings (SSSR count). The second kappa shape index (κ2) is 5.07. The van der Waals surface area contributed by atoms with Gasteiger partial charge in [0, 0.05) is 5.39 Å². The molecule has 0 unspecified atom stereocenters. The van der Waals surface area contributed by atoms with Crippen molar-refractivity contribution in [2.75, 3.05) is 6.61 Å². The van der Waals surface area contributed by atoms with Gasteiger partial charge < -0.3 is 4.74 Å². The summed E-state index contributed by atoms with van der Waals surface area (Å²) in [5.41, 5.74) is -3.00. The molecular weight excluding hydrogens is 317 g/mol. The number of carbonyl (C=O) groups excluding carboxylic acids is 1. The number of para-hydroxylation sites is 1. The monoisotopic (exact) mass is 326 g/mol. The third kappa shape index (κ3) is 2.31. The van der Waals surface area contributed by atoms with Crippen molar-refractivity contribution in [2.24, 2.45) is 0 Å². The van der Waals surface area contributed by atoms with E-state index in [1.54, 1.807) is 6.92 Å². The lowest BCUT2D eigenvalue weighted by Gasteiger charge is -2.09. The highest BCUT2D eigenvalue weighted by Crippen LogP contribution is 2.34. The van der Waals surface area contributed by atoms with Crippen molar-refractivity contribution in [3.63, 3.8) is 0 Å². The number of hydrogen-bond donors (Lipinski definition) is 1. The van der Waals surface area contributed by atoms with Gasteiger partial charge in [-0.1, -0.05) is 12.1 Å². The maximum absolute atomic E-state index is 13.1. The topological polar surface area (TPSA) is 89.4 Å². The molecule has 0 aliphatic carbocycles. The molecule has 0 amide bonds. The first-order valence-electron chi connectivity index (χ1n) is 6.48. The van der Waals surface area contributed by atoms with E-state index in [0.29, 0.717) is 0 Å². The van der Waals surface area contributed by atoms with Crippen LogP contribution in [-0.2, 0) is 10.9 Å². The summed E-state index contributed by atoms with van der Waals surface area (Å²) >= 11 is 0. The van der Waals surface area contributed by atoms with Gasteiger partial charge in [-0.05, 0) is 13.0 Å². The van der Waals surface area contributed by atoms with Gasteiger partial charge in [-0.25, -0.2) is 14.8 Å². The van der Waals surface area contributed by atoms with Gasteiger partial charge in [0.2, 0.25) is 0 Å². The minimum atomic E-state index is -4.69. The summed E-state index contributed by atoms with van der Waals surface area (Å²) in [5.74, 6) is -0.851. The summed E-state index contributed by atoms with van der Waals surface area (Å²) in [6, 6.07) is 3.30. The number of esters is 1. The van der Waals surface area contributed by atoms with Crippen molar-refractivity contribution < 1.29 is 22.7 Å². The quantitative estimate of drug-likeness (QED) is 0.725. The molecule has 0 fully saturated rings. The summed E-state index contributed by atoms with van der Waals surface area (Å²) in [5, 5.41) is 5.88. The molecule has 120 valence electrons. The number of H-pyrrole nitrogens is 1. The number of alkyl halides is 3. The molecule has 0 saturated heterocycles. The minimum Gasteiger partial charge on any atom is -0.461 e. The summed E-state index contributed by atoms with van der Waals surface area (Å²) < 4.78 is 44.9.